The van der Waals surface area contributed by atoms with Crippen LogP contribution < -0.4 is 10.6 Å². The Kier molecular flexibility index (Phi) is 4.65. The van der Waals surface area contributed by atoms with E-state index in [1.54, 1.807) is 5.57 Å². The van der Waals surface area contributed by atoms with Gasteiger partial charge in [-0.3, -0.25) is 10.1 Å². The molecule has 2 aliphatic rings. The summed E-state index contributed by atoms with van der Waals surface area (Å²) in [5, 5.41) is 11.2. The van der Waals surface area contributed by atoms with E-state index in [0.29, 0.717) is 12.2 Å². The van der Waals surface area contributed by atoms with Crippen LogP contribution in [0.5, 0.6) is 0 Å². The van der Waals surface area contributed by atoms with Crippen molar-refractivity contribution in [3.63, 3.8) is 0 Å². The van der Waals surface area contributed by atoms with Gasteiger partial charge in [0.2, 0.25) is 0 Å². The summed E-state index contributed by atoms with van der Waals surface area (Å²) in [4.78, 5) is 12.2. The molecule has 5 heteroatoms. The third kappa shape index (κ3) is 3.51. The van der Waals surface area contributed by atoms with Crippen molar-refractivity contribution >= 4 is 5.91 Å². The molecule has 0 saturated carbocycles. The van der Waals surface area contributed by atoms with Gasteiger partial charge >= 0.3 is 0 Å². The fraction of sp³-hybridized carbons (Fsp3) is 0.400. The van der Waals surface area contributed by atoms with Crippen molar-refractivity contribution in [2.45, 2.75) is 38.3 Å². The summed E-state index contributed by atoms with van der Waals surface area (Å²) in [5.41, 5.74) is 4.06. The van der Waals surface area contributed by atoms with Crippen LogP contribution in [0.15, 0.2) is 48.0 Å². The summed E-state index contributed by atoms with van der Waals surface area (Å²) < 4.78 is 1.84. The van der Waals surface area contributed by atoms with E-state index in [4.69, 9.17) is 5.10 Å². The lowest BCUT2D eigenvalue weighted by atomic mass is 9.97. The summed E-state index contributed by atoms with van der Waals surface area (Å²) >= 11 is 0. The number of benzene rings is 1. The van der Waals surface area contributed by atoms with Gasteiger partial charge in [-0.2, -0.15) is 5.10 Å². The number of rotatable bonds is 5. The molecule has 1 atom stereocenters. The minimum absolute atomic E-state index is 0.00866. The number of fused-ring (bicyclic) bond motifs is 1. The summed E-state index contributed by atoms with van der Waals surface area (Å²) in [6, 6.07) is 11.9. The van der Waals surface area contributed by atoms with Crippen LogP contribution >= 0.6 is 0 Å². The minimum atomic E-state index is -0.0530. The van der Waals surface area contributed by atoms with Gasteiger partial charge in [-0.15, -0.1) is 0 Å². The van der Waals surface area contributed by atoms with Gasteiger partial charge in [0.05, 0.1) is 12.2 Å². The highest BCUT2D eigenvalue weighted by atomic mass is 16.2. The fourth-order valence-electron chi connectivity index (χ4n) is 3.61. The van der Waals surface area contributed by atoms with Crippen LogP contribution in [0.4, 0.5) is 0 Å². The predicted molar refractivity (Wildman–Crippen MR) is 98.2 cm³/mol. The zero-order chi connectivity index (χ0) is 17.1. The molecule has 0 bridgehead atoms. The molecule has 1 aliphatic carbocycles. The monoisotopic (exact) mass is 336 g/mol. The van der Waals surface area contributed by atoms with Crippen LogP contribution in [0.2, 0.25) is 0 Å². The number of carbonyl (C=O) groups is 1. The maximum Gasteiger partial charge on any atom is 0.269 e. The molecule has 0 saturated heterocycles. The molecule has 4 rings (SSSR count). The first-order valence-electron chi connectivity index (χ1n) is 9.16. The van der Waals surface area contributed by atoms with Gasteiger partial charge in [-0.25, -0.2) is 4.68 Å². The lowest BCUT2D eigenvalue weighted by Crippen LogP contribution is -2.45. The first-order chi connectivity index (χ1) is 12.3. The standard InChI is InChI=1S/C20H24N4O/c25-20-18-13-17(16-9-5-2-6-10-16)23-24(18)19(14-22-20)21-12-11-15-7-3-1-4-8-15/h2,5-7,9-10,13,19,21H,1,3-4,8,11-12,14H2,(H,22,25)/t19-/m0/s1. The molecule has 25 heavy (non-hydrogen) atoms. The zero-order valence-electron chi connectivity index (χ0n) is 14.4. The molecule has 1 aliphatic heterocycles. The van der Waals surface area contributed by atoms with E-state index < -0.39 is 0 Å². The van der Waals surface area contributed by atoms with Gasteiger partial charge in [0.25, 0.3) is 5.91 Å². The summed E-state index contributed by atoms with van der Waals surface area (Å²) in [6.07, 6.45) is 8.56. The molecule has 1 aromatic heterocycles. The number of carbonyl (C=O) groups excluding carboxylic acids is 1. The Hall–Kier alpha value is -2.40. The van der Waals surface area contributed by atoms with Gasteiger partial charge in [-0.05, 0) is 38.2 Å². The van der Waals surface area contributed by atoms with E-state index in [1.165, 1.54) is 25.7 Å². The summed E-state index contributed by atoms with van der Waals surface area (Å²) in [7, 11) is 0. The highest BCUT2D eigenvalue weighted by Gasteiger charge is 2.27. The Morgan fingerprint density at radius 3 is 2.92 bits per heavy atom. The second kappa shape index (κ2) is 7.23. The lowest BCUT2D eigenvalue weighted by molar-refractivity contribution is 0.0900. The maximum atomic E-state index is 12.2. The SMILES string of the molecule is O=C1NC[C@@H](NCCC2=CCCCC2)n2nc(-c3ccccc3)cc21. The Bertz CT molecular complexity index is 778. The van der Waals surface area contributed by atoms with Crippen LogP contribution in [0.25, 0.3) is 11.3 Å². The van der Waals surface area contributed by atoms with Crippen molar-refractivity contribution in [2.24, 2.45) is 0 Å². The third-order valence-corrected chi connectivity index (χ3v) is 5.00. The van der Waals surface area contributed by atoms with E-state index in [2.05, 4.69) is 16.7 Å². The molecule has 0 spiro atoms. The molecular weight excluding hydrogens is 312 g/mol. The van der Waals surface area contributed by atoms with Crippen LogP contribution in [-0.2, 0) is 0 Å². The van der Waals surface area contributed by atoms with Gasteiger partial charge in [0, 0.05) is 12.1 Å². The predicted octanol–water partition coefficient (Wildman–Crippen LogP) is 3.27. The first kappa shape index (κ1) is 16.1. The molecule has 0 unspecified atom stereocenters. The first-order valence-corrected chi connectivity index (χ1v) is 9.16. The average molecular weight is 336 g/mol. The third-order valence-electron chi connectivity index (χ3n) is 5.00. The van der Waals surface area contributed by atoms with Crippen molar-refractivity contribution in [2.75, 3.05) is 13.1 Å². The fourth-order valence-corrected chi connectivity index (χ4v) is 3.61. The van der Waals surface area contributed by atoms with E-state index in [-0.39, 0.29) is 12.1 Å². The molecule has 130 valence electrons. The van der Waals surface area contributed by atoms with Crippen molar-refractivity contribution in [1.29, 1.82) is 0 Å². The van der Waals surface area contributed by atoms with Crippen LogP contribution in [-0.4, -0.2) is 28.8 Å². The summed E-state index contributed by atoms with van der Waals surface area (Å²) in [5.74, 6) is -0.0530. The molecule has 0 fully saturated rings. The molecule has 1 amide bonds. The molecule has 2 heterocycles. The number of nitrogens with one attached hydrogen (secondary N) is 2. The molecule has 2 N–H and O–H groups in total. The molecule has 2 aromatic rings. The topological polar surface area (TPSA) is 59.0 Å². The number of allylic oxidation sites excluding steroid dienone is 1. The lowest BCUT2D eigenvalue weighted by Gasteiger charge is -2.26. The Balaban J connectivity index is 1.48. The van der Waals surface area contributed by atoms with Crippen molar-refractivity contribution in [1.82, 2.24) is 20.4 Å². The zero-order valence-corrected chi connectivity index (χ0v) is 14.4. The molecule has 0 radical (unpaired) electrons. The maximum absolute atomic E-state index is 12.2. The highest BCUT2D eigenvalue weighted by molar-refractivity contribution is 5.94. The Morgan fingerprint density at radius 1 is 1.24 bits per heavy atom. The minimum Gasteiger partial charge on any atom is -0.347 e. The second-order valence-electron chi connectivity index (χ2n) is 6.76. The van der Waals surface area contributed by atoms with Crippen molar-refractivity contribution in [3.05, 3.63) is 53.7 Å². The number of nitrogens with zero attached hydrogens (tertiary/aromatic N) is 2. The number of aromatic nitrogens is 2. The van der Waals surface area contributed by atoms with Gasteiger partial charge in [-0.1, -0.05) is 42.0 Å². The molecule has 5 nitrogen and oxygen atoms in total. The highest BCUT2D eigenvalue weighted by Crippen LogP contribution is 2.23. The van der Waals surface area contributed by atoms with Crippen LogP contribution in [0.1, 0.15) is 48.8 Å². The van der Waals surface area contributed by atoms with E-state index in [0.717, 1.165) is 24.2 Å². The Labute approximate surface area is 148 Å². The van der Waals surface area contributed by atoms with Crippen LogP contribution in [0, 0.1) is 0 Å². The second-order valence-corrected chi connectivity index (χ2v) is 6.76. The largest absolute Gasteiger partial charge is 0.347 e. The Morgan fingerprint density at radius 2 is 2.12 bits per heavy atom. The van der Waals surface area contributed by atoms with E-state index in [1.807, 2.05) is 41.1 Å². The van der Waals surface area contributed by atoms with E-state index >= 15 is 0 Å². The normalized spacial score (nSPS) is 19.9. The van der Waals surface area contributed by atoms with Gasteiger partial charge in [0.1, 0.15) is 11.9 Å². The van der Waals surface area contributed by atoms with Crippen molar-refractivity contribution < 1.29 is 4.79 Å². The number of hydrogen-bond donors (Lipinski definition) is 2. The van der Waals surface area contributed by atoms with Gasteiger partial charge in [0.15, 0.2) is 0 Å². The molecule has 1 aromatic carbocycles. The summed E-state index contributed by atoms with van der Waals surface area (Å²) in [6.45, 7) is 1.48. The number of hydrogen-bond acceptors (Lipinski definition) is 3. The smallest absolute Gasteiger partial charge is 0.269 e. The number of amides is 1. The van der Waals surface area contributed by atoms with Crippen LogP contribution in [0.3, 0.4) is 0 Å². The molecular formula is C20H24N4O. The van der Waals surface area contributed by atoms with E-state index in [9.17, 15) is 4.79 Å². The quantitative estimate of drug-likeness (QED) is 0.824. The van der Waals surface area contributed by atoms with Gasteiger partial charge < -0.3 is 5.32 Å². The van der Waals surface area contributed by atoms with Crippen molar-refractivity contribution in [3.8, 4) is 11.3 Å². The average Bonchev–Trinajstić information content (AvgIpc) is 3.12.